The van der Waals surface area contributed by atoms with Crippen molar-refractivity contribution in [3.8, 4) is 12.3 Å². The van der Waals surface area contributed by atoms with Crippen molar-refractivity contribution in [2.24, 2.45) is 0 Å². The first kappa shape index (κ1) is 9.74. The summed E-state index contributed by atoms with van der Waals surface area (Å²) in [5, 5.41) is 19.0. The van der Waals surface area contributed by atoms with Crippen LogP contribution in [0.1, 0.15) is 15.9 Å². The molecule has 1 rings (SSSR count). The Bertz CT molecular complexity index is 445. The molecule has 1 aromatic rings. The highest BCUT2D eigenvalue weighted by molar-refractivity contribution is 5.88. The Hall–Kier alpha value is -2.35. The standard InChI is InChI=1S/C9H5NO4/c1-2-6-5-7(9(11)12)3-4-8(6)10(13)14/h1,3-5H,(H,11,12). The lowest BCUT2D eigenvalue weighted by Gasteiger charge is -1.97. The summed E-state index contributed by atoms with van der Waals surface area (Å²) in [7, 11) is 0. The highest BCUT2D eigenvalue weighted by Gasteiger charge is 2.14. The van der Waals surface area contributed by atoms with E-state index in [1.165, 1.54) is 0 Å². The van der Waals surface area contributed by atoms with Crippen molar-refractivity contribution in [2.45, 2.75) is 0 Å². The zero-order valence-electron chi connectivity index (χ0n) is 6.93. The van der Waals surface area contributed by atoms with Gasteiger partial charge in [0.15, 0.2) is 0 Å². The fourth-order valence-corrected chi connectivity index (χ4v) is 0.944. The molecule has 0 radical (unpaired) electrons. The van der Waals surface area contributed by atoms with Gasteiger partial charge >= 0.3 is 5.97 Å². The van der Waals surface area contributed by atoms with E-state index in [1.807, 2.05) is 0 Å². The number of carboxylic acid groups (broad SMARTS) is 1. The second kappa shape index (κ2) is 3.58. The fourth-order valence-electron chi connectivity index (χ4n) is 0.944. The van der Waals surface area contributed by atoms with Crippen molar-refractivity contribution >= 4 is 11.7 Å². The lowest BCUT2D eigenvalue weighted by Crippen LogP contribution is -1.99. The molecule has 0 fully saturated rings. The molecule has 14 heavy (non-hydrogen) atoms. The maximum Gasteiger partial charge on any atom is 0.335 e. The minimum atomic E-state index is -1.17. The summed E-state index contributed by atoms with van der Waals surface area (Å²) >= 11 is 0. The predicted molar refractivity (Wildman–Crippen MR) is 48.0 cm³/mol. The molecule has 5 heteroatoms. The monoisotopic (exact) mass is 191 g/mol. The van der Waals surface area contributed by atoms with Gasteiger partial charge in [-0.1, -0.05) is 5.92 Å². The van der Waals surface area contributed by atoms with Crippen LogP contribution >= 0.6 is 0 Å². The quantitative estimate of drug-likeness (QED) is 0.433. The number of nitro groups is 1. The number of benzene rings is 1. The number of nitro benzene ring substituents is 1. The summed E-state index contributed by atoms with van der Waals surface area (Å²) in [5.41, 5.74) is -0.365. The predicted octanol–water partition coefficient (Wildman–Crippen LogP) is 1.27. The molecular formula is C9H5NO4. The summed E-state index contributed by atoms with van der Waals surface area (Å²) in [6.45, 7) is 0. The van der Waals surface area contributed by atoms with Crippen LogP contribution in [0.2, 0.25) is 0 Å². The van der Waals surface area contributed by atoms with E-state index in [2.05, 4.69) is 5.92 Å². The largest absolute Gasteiger partial charge is 0.478 e. The van der Waals surface area contributed by atoms with Gasteiger partial charge in [0.25, 0.3) is 5.69 Å². The van der Waals surface area contributed by atoms with Gasteiger partial charge in [-0.3, -0.25) is 10.1 Å². The van der Waals surface area contributed by atoms with Gasteiger partial charge in [0.05, 0.1) is 10.5 Å². The molecule has 0 bridgehead atoms. The van der Waals surface area contributed by atoms with Gasteiger partial charge < -0.3 is 5.11 Å². The van der Waals surface area contributed by atoms with E-state index in [0.717, 1.165) is 18.2 Å². The zero-order valence-corrected chi connectivity index (χ0v) is 6.93. The Labute approximate surface area is 79.1 Å². The number of terminal acetylenes is 1. The van der Waals surface area contributed by atoms with E-state index in [1.54, 1.807) is 0 Å². The van der Waals surface area contributed by atoms with Gasteiger partial charge in [-0.25, -0.2) is 4.79 Å². The lowest BCUT2D eigenvalue weighted by molar-refractivity contribution is -0.385. The normalized spacial score (nSPS) is 9.07. The van der Waals surface area contributed by atoms with Crippen molar-refractivity contribution in [3.63, 3.8) is 0 Å². The molecular weight excluding hydrogens is 186 g/mol. The van der Waals surface area contributed by atoms with E-state index in [9.17, 15) is 14.9 Å². The number of nitrogens with zero attached hydrogens (tertiary/aromatic N) is 1. The molecule has 0 aliphatic carbocycles. The summed E-state index contributed by atoms with van der Waals surface area (Å²) in [6.07, 6.45) is 5.01. The van der Waals surface area contributed by atoms with Crippen LogP contribution in [0.5, 0.6) is 0 Å². The molecule has 1 N–H and O–H groups in total. The number of hydrogen-bond acceptors (Lipinski definition) is 3. The van der Waals surface area contributed by atoms with Crippen LogP contribution in [0.4, 0.5) is 5.69 Å². The van der Waals surface area contributed by atoms with Crippen molar-refractivity contribution in [2.75, 3.05) is 0 Å². The van der Waals surface area contributed by atoms with Crippen LogP contribution < -0.4 is 0 Å². The van der Waals surface area contributed by atoms with Crippen LogP contribution in [0.3, 0.4) is 0 Å². The number of carbonyl (C=O) groups is 1. The van der Waals surface area contributed by atoms with Crippen LogP contribution in [-0.2, 0) is 0 Å². The smallest absolute Gasteiger partial charge is 0.335 e. The summed E-state index contributed by atoms with van der Waals surface area (Å²) in [4.78, 5) is 20.3. The van der Waals surface area contributed by atoms with Gasteiger partial charge in [0.1, 0.15) is 5.56 Å². The van der Waals surface area contributed by atoms with Crippen molar-refractivity contribution in [3.05, 3.63) is 39.4 Å². The first-order valence-corrected chi connectivity index (χ1v) is 3.54. The number of carboxylic acids is 1. The van der Waals surface area contributed by atoms with Gasteiger partial charge in [0.2, 0.25) is 0 Å². The zero-order chi connectivity index (χ0) is 10.7. The Morgan fingerprint density at radius 1 is 1.57 bits per heavy atom. The van der Waals surface area contributed by atoms with Gasteiger partial charge in [0, 0.05) is 6.07 Å². The minimum absolute atomic E-state index is 0.0325. The van der Waals surface area contributed by atoms with E-state index >= 15 is 0 Å². The number of aromatic carboxylic acids is 1. The fraction of sp³-hybridized carbons (Fsp3) is 0. The van der Waals surface area contributed by atoms with Crippen LogP contribution in [0.15, 0.2) is 18.2 Å². The molecule has 70 valence electrons. The molecule has 0 heterocycles. The maximum absolute atomic E-state index is 10.5. The molecule has 0 saturated heterocycles. The molecule has 0 saturated carbocycles. The molecule has 1 aromatic carbocycles. The second-order valence-electron chi connectivity index (χ2n) is 2.44. The van der Waals surface area contributed by atoms with Gasteiger partial charge in [-0.05, 0) is 12.1 Å². The second-order valence-corrected chi connectivity index (χ2v) is 2.44. The molecule has 0 spiro atoms. The third-order valence-electron chi connectivity index (χ3n) is 1.60. The number of hydrogen-bond donors (Lipinski definition) is 1. The molecule has 0 atom stereocenters. The molecule has 5 nitrogen and oxygen atoms in total. The SMILES string of the molecule is C#Cc1cc(C(=O)O)ccc1[N+](=O)[O-]. The van der Waals surface area contributed by atoms with Crippen molar-refractivity contribution in [1.82, 2.24) is 0 Å². The van der Waals surface area contributed by atoms with E-state index < -0.39 is 10.9 Å². The highest BCUT2D eigenvalue weighted by Crippen LogP contribution is 2.18. The third kappa shape index (κ3) is 1.69. The minimum Gasteiger partial charge on any atom is -0.478 e. The van der Waals surface area contributed by atoms with Crippen LogP contribution in [0, 0.1) is 22.5 Å². The molecule has 0 aliphatic heterocycles. The number of rotatable bonds is 2. The highest BCUT2D eigenvalue weighted by atomic mass is 16.6. The Kier molecular flexibility index (Phi) is 2.49. The van der Waals surface area contributed by atoms with Crippen molar-refractivity contribution in [1.29, 1.82) is 0 Å². The van der Waals surface area contributed by atoms with Crippen LogP contribution in [-0.4, -0.2) is 16.0 Å². The van der Waals surface area contributed by atoms with Gasteiger partial charge in [-0.2, -0.15) is 0 Å². The average molecular weight is 191 g/mol. The topological polar surface area (TPSA) is 80.4 Å². The Balaban J connectivity index is 3.34. The van der Waals surface area contributed by atoms with Gasteiger partial charge in [-0.15, -0.1) is 6.42 Å². The third-order valence-corrected chi connectivity index (χ3v) is 1.60. The summed E-state index contributed by atoms with van der Waals surface area (Å²) in [6, 6.07) is 3.32. The molecule has 0 amide bonds. The first-order valence-electron chi connectivity index (χ1n) is 3.54. The van der Waals surface area contributed by atoms with E-state index in [4.69, 9.17) is 11.5 Å². The molecule has 0 unspecified atom stereocenters. The summed E-state index contributed by atoms with van der Waals surface area (Å²) in [5.74, 6) is 0.897. The lowest BCUT2D eigenvalue weighted by atomic mass is 10.1. The van der Waals surface area contributed by atoms with Crippen LogP contribution in [0.25, 0.3) is 0 Å². The Morgan fingerprint density at radius 2 is 2.21 bits per heavy atom. The molecule has 0 aliphatic rings. The Morgan fingerprint density at radius 3 is 2.64 bits per heavy atom. The average Bonchev–Trinajstić information content (AvgIpc) is 2.16. The first-order chi connectivity index (χ1) is 6.56. The van der Waals surface area contributed by atoms with E-state index in [0.29, 0.717) is 0 Å². The molecule has 0 aromatic heterocycles. The van der Waals surface area contributed by atoms with Crippen molar-refractivity contribution < 1.29 is 14.8 Å². The van der Waals surface area contributed by atoms with E-state index in [-0.39, 0.29) is 16.8 Å². The summed E-state index contributed by atoms with van der Waals surface area (Å²) < 4.78 is 0. The maximum atomic E-state index is 10.5.